The molecule has 6 nitrogen and oxygen atoms in total. The van der Waals surface area contributed by atoms with Crippen molar-refractivity contribution in [2.45, 2.75) is 57.0 Å². The molecule has 0 spiro atoms. The van der Waals surface area contributed by atoms with E-state index in [1.807, 2.05) is 0 Å². The molecule has 2 aliphatic rings. The molecule has 1 aliphatic carbocycles. The average molecular weight is 301 g/mol. The minimum atomic E-state index is 0. The number of nitrogens with one attached hydrogen (secondary N) is 2. The van der Waals surface area contributed by atoms with Crippen molar-refractivity contribution in [1.82, 2.24) is 20.8 Å². The molecular formula is C13H21ClN4O2. The molecular weight excluding hydrogens is 280 g/mol. The molecule has 1 saturated carbocycles. The summed E-state index contributed by atoms with van der Waals surface area (Å²) in [5.41, 5.74) is 0. The number of carbonyl (C=O) groups is 1. The van der Waals surface area contributed by atoms with Crippen molar-refractivity contribution in [1.29, 1.82) is 0 Å². The number of carbonyl (C=O) groups excluding carboxylic acids is 1. The SMILES string of the molecule is Cl.O=C(Cc1noc([C@H]2CCN2)n1)NC1CCCCC1. The molecule has 1 aliphatic heterocycles. The lowest BCUT2D eigenvalue weighted by Crippen LogP contribution is -2.37. The first kappa shape index (κ1) is 15.3. The largest absolute Gasteiger partial charge is 0.353 e. The molecule has 2 heterocycles. The van der Waals surface area contributed by atoms with Gasteiger partial charge in [-0.15, -0.1) is 12.4 Å². The third-order valence-electron chi connectivity index (χ3n) is 3.89. The maximum absolute atomic E-state index is 11.9. The summed E-state index contributed by atoms with van der Waals surface area (Å²) in [4.78, 5) is 16.2. The molecule has 7 heteroatoms. The van der Waals surface area contributed by atoms with E-state index in [-0.39, 0.29) is 30.8 Å². The van der Waals surface area contributed by atoms with E-state index in [9.17, 15) is 4.79 Å². The zero-order valence-corrected chi connectivity index (χ0v) is 12.2. The van der Waals surface area contributed by atoms with Crippen LogP contribution in [0, 0.1) is 0 Å². The van der Waals surface area contributed by atoms with Crippen molar-refractivity contribution in [3.63, 3.8) is 0 Å². The summed E-state index contributed by atoms with van der Waals surface area (Å²) in [6, 6.07) is 0.517. The predicted octanol–water partition coefficient (Wildman–Crippen LogP) is 1.52. The van der Waals surface area contributed by atoms with Crippen LogP contribution in [0.15, 0.2) is 4.52 Å². The van der Waals surface area contributed by atoms with Gasteiger partial charge in [0.2, 0.25) is 11.8 Å². The first-order valence-corrected chi connectivity index (χ1v) is 7.16. The van der Waals surface area contributed by atoms with Gasteiger partial charge in [0.25, 0.3) is 0 Å². The molecule has 1 aromatic heterocycles. The summed E-state index contributed by atoms with van der Waals surface area (Å²) in [6.07, 6.45) is 7.14. The molecule has 20 heavy (non-hydrogen) atoms. The fourth-order valence-electron chi connectivity index (χ4n) is 2.65. The predicted molar refractivity (Wildman–Crippen MR) is 75.6 cm³/mol. The second-order valence-corrected chi connectivity index (χ2v) is 5.42. The summed E-state index contributed by atoms with van der Waals surface area (Å²) in [6.45, 7) is 0.991. The van der Waals surface area contributed by atoms with Gasteiger partial charge in [0.15, 0.2) is 5.82 Å². The Morgan fingerprint density at radius 1 is 1.30 bits per heavy atom. The summed E-state index contributed by atoms with van der Waals surface area (Å²) < 4.78 is 5.16. The minimum Gasteiger partial charge on any atom is -0.353 e. The maximum atomic E-state index is 11.9. The highest BCUT2D eigenvalue weighted by Crippen LogP contribution is 2.21. The third-order valence-corrected chi connectivity index (χ3v) is 3.89. The second-order valence-electron chi connectivity index (χ2n) is 5.42. The number of hydrogen-bond donors (Lipinski definition) is 2. The quantitative estimate of drug-likeness (QED) is 0.881. The number of hydrogen-bond acceptors (Lipinski definition) is 5. The van der Waals surface area contributed by atoms with Gasteiger partial charge < -0.3 is 15.2 Å². The van der Waals surface area contributed by atoms with E-state index in [4.69, 9.17) is 4.52 Å². The first-order chi connectivity index (χ1) is 9.31. The summed E-state index contributed by atoms with van der Waals surface area (Å²) in [5.74, 6) is 1.09. The Morgan fingerprint density at radius 3 is 2.70 bits per heavy atom. The zero-order chi connectivity index (χ0) is 13.1. The number of aromatic nitrogens is 2. The lowest BCUT2D eigenvalue weighted by Gasteiger charge is -2.23. The van der Waals surface area contributed by atoms with Crippen LogP contribution in [-0.4, -0.2) is 28.6 Å². The van der Waals surface area contributed by atoms with Crippen LogP contribution in [0.25, 0.3) is 0 Å². The molecule has 1 aromatic rings. The molecule has 0 radical (unpaired) electrons. The van der Waals surface area contributed by atoms with E-state index in [0.29, 0.717) is 17.8 Å². The lowest BCUT2D eigenvalue weighted by molar-refractivity contribution is -0.121. The molecule has 0 unspecified atom stereocenters. The standard InChI is InChI=1S/C13H20N4O2.ClH/c18-12(15-9-4-2-1-3-5-9)8-11-16-13(19-17-11)10-6-7-14-10;/h9-10,14H,1-8H2,(H,15,18);1H/t10-;/m1./s1. The highest BCUT2D eigenvalue weighted by Gasteiger charge is 2.25. The number of halogens is 1. The Bertz CT molecular complexity index is 441. The van der Waals surface area contributed by atoms with Gasteiger partial charge >= 0.3 is 0 Å². The van der Waals surface area contributed by atoms with E-state index in [1.54, 1.807) is 0 Å². The van der Waals surface area contributed by atoms with E-state index < -0.39 is 0 Å². The fourth-order valence-corrected chi connectivity index (χ4v) is 2.65. The van der Waals surface area contributed by atoms with Crippen LogP contribution in [0.3, 0.4) is 0 Å². The van der Waals surface area contributed by atoms with Gasteiger partial charge in [0.1, 0.15) is 0 Å². The van der Waals surface area contributed by atoms with Gasteiger partial charge in [-0.3, -0.25) is 4.79 Å². The van der Waals surface area contributed by atoms with Crippen molar-refractivity contribution >= 4 is 18.3 Å². The molecule has 0 bridgehead atoms. The zero-order valence-electron chi connectivity index (χ0n) is 11.4. The number of nitrogens with zero attached hydrogens (tertiary/aromatic N) is 2. The van der Waals surface area contributed by atoms with Gasteiger partial charge in [0, 0.05) is 6.04 Å². The molecule has 1 saturated heterocycles. The highest BCUT2D eigenvalue weighted by molar-refractivity contribution is 5.85. The normalized spacial score (nSPS) is 22.7. The Hall–Kier alpha value is -1.14. The van der Waals surface area contributed by atoms with Crippen LogP contribution >= 0.6 is 12.4 Å². The number of rotatable bonds is 4. The number of amides is 1. The third kappa shape index (κ3) is 3.70. The molecule has 0 aromatic carbocycles. The van der Waals surface area contributed by atoms with Crippen LogP contribution in [0.5, 0.6) is 0 Å². The summed E-state index contributed by atoms with van der Waals surface area (Å²) >= 11 is 0. The summed E-state index contributed by atoms with van der Waals surface area (Å²) in [7, 11) is 0. The van der Waals surface area contributed by atoms with Crippen molar-refractivity contribution < 1.29 is 9.32 Å². The van der Waals surface area contributed by atoms with Crippen molar-refractivity contribution in [2.24, 2.45) is 0 Å². The van der Waals surface area contributed by atoms with E-state index >= 15 is 0 Å². The van der Waals surface area contributed by atoms with E-state index in [1.165, 1.54) is 19.3 Å². The fraction of sp³-hybridized carbons (Fsp3) is 0.769. The second kappa shape index (κ2) is 7.04. The highest BCUT2D eigenvalue weighted by atomic mass is 35.5. The lowest BCUT2D eigenvalue weighted by atomic mass is 9.95. The van der Waals surface area contributed by atoms with Crippen LogP contribution in [-0.2, 0) is 11.2 Å². The Balaban J connectivity index is 0.00000147. The Morgan fingerprint density at radius 2 is 2.05 bits per heavy atom. The van der Waals surface area contributed by atoms with Crippen LogP contribution in [0.2, 0.25) is 0 Å². The topological polar surface area (TPSA) is 80.1 Å². The molecule has 112 valence electrons. The maximum Gasteiger partial charge on any atom is 0.243 e. The average Bonchev–Trinajstić information content (AvgIpc) is 2.76. The molecule has 2 fully saturated rings. The smallest absolute Gasteiger partial charge is 0.243 e. The van der Waals surface area contributed by atoms with Gasteiger partial charge in [-0.05, 0) is 25.8 Å². The Labute approximate surface area is 124 Å². The molecule has 1 atom stereocenters. The van der Waals surface area contributed by atoms with Crippen molar-refractivity contribution in [2.75, 3.05) is 6.54 Å². The van der Waals surface area contributed by atoms with Crippen LogP contribution in [0.4, 0.5) is 0 Å². The monoisotopic (exact) mass is 300 g/mol. The Kier molecular flexibility index (Phi) is 5.37. The van der Waals surface area contributed by atoms with Gasteiger partial charge in [-0.2, -0.15) is 4.98 Å². The van der Waals surface area contributed by atoms with Gasteiger partial charge in [-0.1, -0.05) is 24.4 Å². The van der Waals surface area contributed by atoms with Crippen LogP contribution in [0.1, 0.15) is 56.3 Å². The van der Waals surface area contributed by atoms with Crippen molar-refractivity contribution in [3.05, 3.63) is 11.7 Å². The van der Waals surface area contributed by atoms with Gasteiger partial charge in [0.05, 0.1) is 12.5 Å². The van der Waals surface area contributed by atoms with E-state index in [0.717, 1.165) is 25.8 Å². The molecule has 3 rings (SSSR count). The first-order valence-electron chi connectivity index (χ1n) is 7.16. The minimum absolute atomic E-state index is 0. The molecule has 2 N–H and O–H groups in total. The van der Waals surface area contributed by atoms with Gasteiger partial charge in [-0.25, -0.2) is 0 Å². The van der Waals surface area contributed by atoms with Crippen LogP contribution < -0.4 is 10.6 Å². The van der Waals surface area contributed by atoms with E-state index in [2.05, 4.69) is 20.8 Å². The van der Waals surface area contributed by atoms with Crippen molar-refractivity contribution in [3.8, 4) is 0 Å². The molecule has 1 amide bonds. The summed E-state index contributed by atoms with van der Waals surface area (Å²) in [5, 5.41) is 10.1.